The second-order valence-corrected chi connectivity index (χ2v) is 5.53. The molecular formula is C19H25N5O5. The van der Waals surface area contributed by atoms with Crippen LogP contribution in [0.15, 0.2) is 0 Å². The Bertz CT molecular complexity index is 605. The fourth-order valence-electron chi connectivity index (χ4n) is 2.22. The first-order chi connectivity index (χ1) is 14.2. The van der Waals surface area contributed by atoms with Gasteiger partial charge in [0.15, 0.2) is 0 Å². The molecule has 0 saturated heterocycles. The number of ether oxygens (including phenoxy) is 5. The fraction of sp³-hybridized carbons (Fsp3) is 0.737. The van der Waals surface area contributed by atoms with Crippen molar-refractivity contribution in [3.8, 4) is 30.3 Å². The topological polar surface area (TPSA) is 165 Å². The Labute approximate surface area is 171 Å². The van der Waals surface area contributed by atoms with E-state index in [0.29, 0.717) is 0 Å². The lowest BCUT2D eigenvalue weighted by Gasteiger charge is -2.33. The number of nitrogens with zero attached hydrogens (tertiary/aromatic N) is 5. The Kier molecular flexibility index (Phi) is 18.1. The summed E-state index contributed by atoms with van der Waals surface area (Å²) >= 11 is 0. The largest absolute Gasteiger partial charge is 0.378 e. The minimum atomic E-state index is -0.735. The third-order valence-corrected chi connectivity index (χ3v) is 3.44. The summed E-state index contributed by atoms with van der Waals surface area (Å²) in [6.07, 6.45) is -1.44. The highest BCUT2D eigenvalue weighted by molar-refractivity contribution is 4.83. The minimum absolute atomic E-state index is 0.00646. The molecule has 10 nitrogen and oxygen atoms in total. The van der Waals surface area contributed by atoms with E-state index in [9.17, 15) is 0 Å². The first-order valence-electron chi connectivity index (χ1n) is 9.10. The lowest BCUT2D eigenvalue weighted by molar-refractivity contribution is -0.166. The Morgan fingerprint density at radius 3 is 1.45 bits per heavy atom. The summed E-state index contributed by atoms with van der Waals surface area (Å²) in [6, 6.07) is 9.78. The van der Waals surface area contributed by atoms with Gasteiger partial charge < -0.3 is 23.7 Å². The van der Waals surface area contributed by atoms with Gasteiger partial charge in [0.05, 0.1) is 95.7 Å². The van der Waals surface area contributed by atoms with Gasteiger partial charge in [-0.3, -0.25) is 0 Å². The van der Waals surface area contributed by atoms with Crippen LogP contribution in [0.4, 0.5) is 0 Å². The van der Waals surface area contributed by atoms with Crippen LogP contribution < -0.4 is 0 Å². The van der Waals surface area contributed by atoms with Crippen LogP contribution in [0.25, 0.3) is 0 Å². The summed E-state index contributed by atoms with van der Waals surface area (Å²) in [7, 11) is 0. The molecule has 0 aromatic rings. The van der Waals surface area contributed by atoms with Crippen molar-refractivity contribution < 1.29 is 23.7 Å². The monoisotopic (exact) mass is 403 g/mol. The van der Waals surface area contributed by atoms with Crippen molar-refractivity contribution in [1.82, 2.24) is 0 Å². The van der Waals surface area contributed by atoms with Gasteiger partial charge in [-0.05, 0) is 0 Å². The molecule has 0 fully saturated rings. The quantitative estimate of drug-likeness (QED) is 0.305. The van der Waals surface area contributed by atoms with E-state index in [1.165, 1.54) is 0 Å². The molecule has 0 aliphatic carbocycles. The second kappa shape index (κ2) is 20.0. The molecule has 0 bridgehead atoms. The third kappa shape index (κ3) is 14.0. The van der Waals surface area contributed by atoms with Crippen molar-refractivity contribution in [2.45, 2.75) is 44.0 Å². The van der Waals surface area contributed by atoms with Gasteiger partial charge in [-0.25, -0.2) is 0 Å². The minimum Gasteiger partial charge on any atom is -0.378 e. The molecule has 0 aliphatic heterocycles. The van der Waals surface area contributed by atoms with Gasteiger partial charge in [0.2, 0.25) is 0 Å². The van der Waals surface area contributed by atoms with Crippen molar-refractivity contribution in [2.24, 2.45) is 0 Å². The molecule has 0 aromatic heterocycles. The molecular weight excluding hydrogens is 378 g/mol. The lowest BCUT2D eigenvalue weighted by atomic mass is 10.1. The summed E-state index contributed by atoms with van der Waals surface area (Å²) in [5, 5.41) is 43.7. The van der Waals surface area contributed by atoms with Crippen molar-refractivity contribution in [3.63, 3.8) is 0 Å². The average molecular weight is 403 g/mol. The maximum Gasteiger partial charge on any atom is 0.133 e. The van der Waals surface area contributed by atoms with E-state index in [1.54, 1.807) is 0 Å². The Hall–Kier alpha value is -2.75. The van der Waals surface area contributed by atoms with Crippen molar-refractivity contribution in [1.29, 1.82) is 26.3 Å². The van der Waals surface area contributed by atoms with E-state index in [1.807, 2.05) is 30.3 Å². The van der Waals surface area contributed by atoms with Crippen molar-refractivity contribution in [2.75, 3.05) is 46.2 Å². The predicted octanol–water partition coefficient (Wildman–Crippen LogP) is 1.35. The van der Waals surface area contributed by atoms with Crippen LogP contribution in [-0.2, 0) is 23.7 Å². The number of hydrogen-bond donors (Lipinski definition) is 0. The number of hydrogen-bond acceptors (Lipinski definition) is 10. The van der Waals surface area contributed by atoms with Crippen molar-refractivity contribution in [3.05, 3.63) is 0 Å². The van der Waals surface area contributed by atoms with E-state index in [2.05, 4.69) is 0 Å². The van der Waals surface area contributed by atoms with Crippen LogP contribution >= 0.6 is 0 Å². The van der Waals surface area contributed by atoms with Gasteiger partial charge in [0, 0.05) is 0 Å². The summed E-state index contributed by atoms with van der Waals surface area (Å²) in [6.45, 7) is 0.480. The molecule has 3 atom stereocenters. The van der Waals surface area contributed by atoms with Gasteiger partial charge in [-0.2, -0.15) is 26.3 Å². The molecule has 0 rings (SSSR count). The standard InChI is InChI=1S/C19H25N5O5/c20-5-1-10-25-15-17(27-11-2-6-21)19(29-13-4-8-23)18(16-26-14-9-24)28-12-3-7-22/h17-19H,1-4,10-16H2. The summed E-state index contributed by atoms with van der Waals surface area (Å²) in [4.78, 5) is 0. The van der Waals surface area contributed by atoms with E-state index in [0.717, 1.165) is 0 Å². The highest BCUT2D eigenvalue weighted by atomic mass is 16.6. The van der Waals surface area contributed by atoms with Crippen LogP contribution in [0.1, 0.15) is 25.7 Å². The number of rotatable bonds is 18. The molecule has 0 aromatic carbocycles. The van der Waals surface area contributed by atoms with Crippen LogP contribution in [0, 0.1) is 56.7 Å². The van der Waals surface area contributed by atoms with Crippen LogP contribution in [-0.4, -0.2) is 64.6 Å². The van der Waals surface area contributed by atoms with Gasteiger partial charge >= 0.3 is 0 Å². The maximum absolute atomic E-state index is 8.80. The summed E-state index contributed by atoms with van der Waals surface area (Å²) in [5.41, 5.74) is 0. The number of nitriles is 5. The molecule has 156 valence electrons. The zero-order chi connectivity index (χ0) is 21.6. The molecule has 0 spiro atoms. The van der Waals surface area contributed by atoms with E-state index < -0.39 is 18.3 Å². The maximum atomic E-state index is 8.80. The first-order valence-corrected chi connectivity index (χ1v) is 9.10. The van der Waals surface area contributed by atoms with Crippen LogP contribution in [0.2, 0.25) is 0 Å². The SMILES string of the molecule is N#CCCOCC(OCCC#N)C(OCCC#N)C(COCC#N)OCCC#N. The lowest BCUT2D eigenvalue weighted by Crippen LogP contribution is -2.47. The Morgan fingerprint density at radius 1 is 0.517 bits per heavy atom. The molecule has 0 radical (unpaired) electrons. The molecule has 3 unspecified atom stereocenters. The van der Waals surface area contributed by atoms with E-state index >= 15 is 0 Å². The second-order valence-electron chi connectivity index (χ2n) is 5.53. The normalized spacial score (nSPS) is 13.1. The van der Waals surface area contributed by atoms with E-state index in [4.69, 9.17) is 50.0 Å². The molecule has 0 aliphatic rings. The van der Waals surface area contributed by atoms with Gasteiger partial charge in [-0.1, -0.05) is 0 Å². The molecule has 0 N–H and O–H groups in total. The summed E-state index contributed by atoms with van der Waals surface area (Å²) < 4.78 is 28.0. The Morgan fingerprint density at radius 2 is 0.966 bits per heavy atom. The average Bonchev–Trinajstić information content (AvgIpc) is 2.73. The highest BCUT2D eigenvalue weighted by Crippen LogP contribution is 2.16. The third-order valence-electron chi connectivity index (χ3n) is 3.44. The molecule has 0 saturated carbocycles. The van der Waals surface area contributed by atoms with Crippen LogP contribution in [0.3, 0.4) is 0 Å². The van der Waals surface area contributed by atoms with Gasteiger partial charge in [-0.15, -0.1) is 0 Å². The fourth-order valence-corrected chi connectivity index (χ4v) is 2.22. The Balaban J connectivity index is 5.33. The van der Waals surface area contributed by atoms with Gasteiger partial charge in [0.1, 0.15) is 24.9 Å². The molecule has 29 heavy (non-hydrogen) atoms. The molecule has 0 heterocycles. The summed E-state index contributed by atoms with van der Waals surface area (Å²) in [5.74, 6) is 0. The first kappa shape index (κ1) is 26.2. The molecule has 10 heteroatoms. The van der Waals surface area contributed by atoms with Gasteiger partial charge in [0.25, 0.3) is 0 Å². The van der Waals surface area contributed by atoms with Crippen LogP contribution in [0.5, 0.6) is 0 Å². The zero-order valence-electron chi connectivity index (χ0n) is 16.3. The molecule has 0 amide bonds. The van der Waals surface area contributed by atoms with E-state index in [-0.39, 0.29) is 71.9 Å². The predicted molar refractivity (Wildman–Crippen MR) is 97.4 cm³/mol. The zero-order valence-corrected chi connectivity index (χ0v) is 16.3. The smallest absolute Gasteiger partial charge is 0.133 e. The van der Waals surface area contributed by atoms with Crippen molar-refractivity contribution >= 4 is 0 Å². The highest BCUT2D eigenvalue weighted by Gasteiger charge is 2.33.